The van der Waals surface area contributed by atoms with Crippen molar-refractivity contribution < 1.29 is 321 Å². The molecule has 0 spiro atoms. The van der Waals surface area contributed by atoms with Crippen molar-refractivity contribution in [3.63, 3.8) is 0 Å². The maximum Gasteiger partial charge on any atom is 1.00 e. The standard InChI is InChI=1S/C9H13N2O4.C8H17N2O11P3.C7H17N2O11P3.C7H12N2O9P2.C7H8N2O4.C6H12N2Si.C3H5ClO2.CH4.4ClH.Na.HO3P.2H2O/c1-14-8(12)5-10-3-4-11(7-10)6-9(13)15-2;1-7(11,22(13,14)15)4-9-2-3-10(6-9)5-8(12,23(16,17)18)24(19,20)21;10-6(21(12,13)14)3-8-1-2-9(5-8)4-7(11,22(15,16)17)23(18,19)20;10-6(11)3-8-1-2-9(5-8)4-7(12,19(13,14)15)20(16,17)18;10-6(11)3-8-1-2-9(5-8)4-7(12)13;1-9(2,3)8-5-4-7-6-8;1-6-3(5)2-4;;;;;;;1-4(2)3;;/h3-4,7H,5-6H2,1-2H3;2-3,6,11-12H,4-5H2,1H3,(H5-,13,14,15,16,17,18,19,20,21);1-2,6,10-11H,3-5H2,(H2,12,13,14)(H2,15,16,17)(H2,18,19,20);1-2,5,12H,3-4H2,(H4-,10,11,13,14,15,16,17,18);1-2,5H,3-4H2,(H-,10,11,12,13);4-6H,1-3H3;2H2,1H3;1H4;4*1H;;(H,1,2,3);2*1H2/q+1;;;;;;;;;;;;+1;;;/p-7. The van der Waals surface area contributed by atoms with Gasteiger partial charge in [0.05, 0.1) is 47.4 Å². The first kappa shape index (κ1) is 138. The van der Waals surface area contributed by atoms with Gasteiger partial charge in [0.2, 0.25) is 30.7 Å². The maximum atomic E-state index is 11.3. The van der Waals surface area contributed by atoms with Gasteiger partial charge in [-0.15, -0.1) is 11.6 Å². The molecule has 0 aliphatic carbocycles. The van der Waals surface area contributed by atoms with Crippen LogP contribution in [0.1, 0.15) is 14.4 Å². The van der Waals surface area contributed by atoms with Crippen molar-refractivity contribution in [2.45, 2.75) is 113 Å². The Labute approximate surface area is 744 Å². The fourth-order valence-electron chi connectivity index (χ4n) is 7.40. The second kappa shape index (κ2) is 58.4. The van der Waals surface area contributed by atoms with E-state index in [1.54, 1.807) is 27.9 Å². The van der Waals surface area contributed by atoms with E-state index in [0.29, 0.717) is 0 Å². The van der Waals surface area contributed by atoms with E-state index in [-0.39, 0.29) is 142 Å². The number of hydrogen-bond donors (Lipinski definition) is 20. The fraction of sp³-hybridized carbons (Fsp3) is 0.521. The molecule has 58 nitrogen and oxygen atoms in total. The second-order valence-electron chi connectivity index (χ2n) is 23.7. The Morgan fingerprint density at radius 3 is 1.16 bits per heavy atom. The van der Waals surface area contributed by atoms with Gasteiger partial charge in [0.15, 0.2) is 61.2 Å². The Kier molecular flexibility index (Phi) is 66.2. The van der Waals surface area contributed by atoms with Crippen LogP contribution >= 0.6 is 80.6 Å². The minimum absolute atomic E-state index is 0. The number of carbonyl (C=O) groups excluding carboxylic acids is 3. The van der Waals surface area contributed by atoms with Gasteiger partial charge in [-0.25, -0.2) is 65.5 Å². The fourth-order valence-corrected chi connectivity index (χ4v) is 15.3. The van der Waals surface area contributed by atoms with Crippen molar-refractivity contribution >= 4 is 125 Å². The van der Waals surface area contributed by atoms with Gasteiger partial charge in [-0.3, -0.25) is 27.6 Å². The number of aromatic nitrogens is 10. The monoisotopic (exact) mass is 2080 g/mol. The predicted molar refractivity (Wildman–Crippen MR) is 375 cm³/mol. The summed E-state index contributed by atoms with van der Waals surface area (Å²) in [6, 6.07) is 0. The number of methoxy groups -OCH3 is 3. The number of ether oxygens (including phenoxy) is 3. The first-order chi connectivity index (χ1) is 51.2. The van der Waals surface area contributed by atoms with E-state index >= 15 is 0 Å². The summed E-state index contributed by atoms with van der Waals surface area (Å²) in [5, 5.41) is 59.5. The third-order valence-electron chi connectivity index (χ3n) is 13.3. The Hall–Kier alpha value is -4.18. The maximum absolute atomic E-state index is 11.3. The number of carboxylic acid groups (broad SMARTS) is 3. The van der Waals surface area contributed by atoms with Crippen molar-refractivity contribution in [1.29, 1.82) is 0 Å². The molecule has 23 N–H and O–H groups in total. The normalized spacial score (nSPS) is 13.9. The van der Waals surface area contributed by atoms with E-state index in [1.165, 1.54) is 55.4 Å². The number of aliphatic carboxylic acids is 3. The number of alkyl halides is 1. The molecule has 5 atom stereocenters. The minimum Gasteiger partial charge on any atom is -1.00 e. The van der Waals surface area contributed by atoms with Gasteiger partial charge in [-0.05, 0) is 14.5 Å². The van der Waals surface area contributed by atoms with Crippen LogP contribution in [0.25, 0.3) is 0 Å². The van der Waals surface area contributed by atoms with Gasteiger partial charge in [-0.1, -0.05) is 31.6 Å². The van der Waals surface area contributed by atoms with Crippen molar-refractivity contribution in [1.82, 2.24) is 37.3 Å². The molecule has 0 saturated carbocycles. The molecular formula is C48H90Cl5N12NaO46P9Si-5. The van der Waals surface area contributed by atoms with E-state index in [2.05, 4.69) is 43.1 Å². The summed E-state index contributed by atoms with van der Waals surface area (Å²) in [5.41, 5.74) is 0. The molecule has 0 saturated heterocycles. The predicted octanol–water partition coefficient (Wildman–Crippen LogP) is -26.4. The number of aliphatic hydroxyl groups excluding tert-OH is 1. The van der Waals surface area contributed by atoms with Gasteiger partial charge in [0.25, 0.3) is 8.25 Å². The van der Waals surface area contributed by atoms with Crippen LogP contribution in [0.5, 0.6) is 0 Å². The van der Waals surface area contributed by atoms with Crippen LogP contribution in [0.3, 0.4) is 0 Å². The molecule has 6 rings (SSSR count). The number of β-amino-alcohol motifs (C(OH)–C–C–N with tert-alkyl or cyclic N) is 2. The molecule has 74 heteroatoms. The Morgan fingerprint density at radius 1 is 0.541 bits per heavy atom. The van der Waals surface area contributed by atoms with E-state index in [1.807, 2.05) is 18.7 Å². The Balaban J connectivity index is -0.000000151. The molecule has 5 aromatic heterocycles. The molecule has 6 heterocycles. The average Bonchev–Trinajstić information content (AvgIpc) is 1.22. The zero-order valence-electron chi connectivity index (χ0n) is 63.3. The Morgan fingerprint density at radius 2 is 0.877 bits per heavy atom. The largest absolute Gasteiger partial charge is 1.00 e. The molecule has 5 unspecified atom stereocenters. The number of aliphatic hydroxyl groups is 5. The van der Waals surface area contributed by atoms with Crippen molar-refractivity contribution in [2.75, 3.05) is 47.0 Å². The molecular weight excluding hydrogens is 1990 g/mol. The van der Waals surface area contributed by atoms with Crippen LogP contribution in [0.2, 0.25) is 19.6 Å². The first-order valence-electron chi connectivity index (χ1n) is 29.8. The van der Waals surface area contributed by atoms with Crippen molar-refractivity contribution in [3.8, 4) is 0 Å². The quantitative estimate of drug-likeness (QED) is 0.00507. The van der Waals surface area contributed by atoms with E-state index < -0.39 is 174 Å². The summed E-state index contributed by atoms with van der Waals surface area (Å²) in [5.74, 6) is -6.40. The van der Waals surface area contributed by atoms with Crippen LogP contribution in [-0.4, -0.2) is 265 Å². The molecule has 0 radical (unpaired) electrons. The number of nitrogens with zero attached hydrogens (tertiary/aromatic N) is 12. The molecule has 708 valence electrons. The van der Waals surface area contributed by atoms with Crippen LogP contribution in [0.15, 0.2) is 106 Å². The van der Waals surface area contributed by atoms with E-state index in [4.69, 9.17) is 100.0 Å². The molecule has 5 aromatic rings. The van der Waals surface area contributed by atoms with Crippen LogP contribution in [-0.2, 0) is 136 Å². The number of halogens is 5. The minimum atomic E-state index is -6.18. The number of carbonyl (C=O) groups is 6. The van der Waals surface area contributed by atoms with Crippen LogP contribution in [0.4, 0.5) is 0 Å². The van der Waals surface area contributed by atoms with Crippen LogP contribution < -0.4 is 127 Å². The first-order valence-corrected chi connectivity index (χ1v) is 47.7. The third kappa shape index (κ3) is 50.0. The number of hydrogen-bond acceptors (Lipinski definition) is 33. The molecule has 122 heavy (non-hydrogen) atoms. The third-order valence-corrected chi connectivity index (χ3v) is 28.7. The number of rotatable bonds is 30. The number of esters is 3. The molecule has 0 amide bonds. The second-order valence-corrected chi connectivity index (χ2v) is 45.0. The average molecular weight is 2080 g/mol. The summed E-state index contributed by atoms with van der Waals surface area (Å²) in [7, 11) is -45.0. The summed E-state index contributed by atoms with van der Waals surface area (Å²) < 4.78 is 122. The summed E-state index contributed by atoms with van der Waals surface area (Å²) in [4.78, 5) is 236. The summed E-state index contributed by atoms with van der Waals surface area (Å²) >= 11 is 4.98. The number of imidazole rings is 5. The molecule has 1 aliphatic heterocycles. The number of carboxylic acids is 3. The summed E-state index contributed by atoms with van der Waals surface area (Å²) in [6.07, 6.45) is 23.7. The zero-order valence-corrected chi connectivity index (χ0v) is 78.2. The molecule has 1 aliphatic rings. The molecule has 0 bridgehead atoms. The van der Waals surface area contributed by atoms with Gasteiger partial charge in [0.1, 0.15) is 80.9 Å². The zero-order chi connectivity index (χ0) is 89.8. The molecule has 0 aromatic carbocycles. The molecule has 0 fully saturated rings. The van der Waals surface area contributed by atoms with Crippen LogP contribution in [0, 0.1) is 0 Å². The van der Waals surface area contributed by atoms with Crippen molar-refractivity contribution in [2.24, 2.45) is 0 Å². The smallest absolute Gasteiger partial charge is 1.00 e. The summed E-state index contributed by atoms with van der Waals surface area (Å²) in [6.45, 7) is 1.84. The van der Waals surface area contributed by atoms with Gasteiger partial charge < -0.3 is 231 Å². The van der Waals surface area contributed by atoms with E-state index in [9.17, 15) is 110 Å². The van der Waals surface area contributed by atoms with Crippen molar-refractivity contribution in [3.05, 3.63) is 106 Å². The van der Waals surface area contributed by atoms with Gasteiger partial charge in [-0.2, -0.15) is 0 Å². The topological polar surface area (TPSA) is 948 Å². The van der Waals surface area contributed by atoms with E-state index in [0.717, 1.165) is 78.6 Å². The van der Waals surface area contributed by atoms with Gasteiger partial charge in [0, 0.05) is 24.8 Å². The van der Waals surface area contributed by atoms with Gasteiger partial charge >= 0.3 is 114 Å². The Bertz CT molecular complexity index is 4300. The SMILES string of the molecule is C.CC(O)(C[n+]1ccn(CC(O)(P(=O)(O)O)P(=O)(O)O)c1)P(=O)(O)O.COC(=O)CCl.COC(=O)Cn1cc[n+](CC(=O)OC)c1.C[Si](C)(C)n1ccnc1.O.O=C(O)C[n+]1ccn(CC(O)(P(=O)(O)O)P(=O)(O)O)c1.O=C(O)Cn1cc[n+](CC(=O)O)c1.O=P([O-])(O)C(O)CN1C=CN(CC(O)(P(=O)([O-])[O-])P(=O)([O-])O)C1.O=[P+]([O-])[O-].[Cl-].[Cl-].[Cl-].[Cl-].[Na+].[OH-].